The number of piperidine rings is 1. The predicted molar refractivity (Wildman–Crippen MR) is 103 cm³/mol. The van der Waals surface area contributed by atoms with E-state index >= 15 is 0 Å². The predicted octanol–water partition coefficient (Wildman–Crippen LogP) is 3.46. The first-order valence-corrected chi connectivity index (χ1v) is 10.8. The van der Waals surface area contributed by atoms with Gasteiger partial charge in [-0.25, -0.2) is 0 Å². The molecule has 26 heavy (non-hydrogen) atoms. The second-order valence-electron chi connectivity index (χ2n) is 7.34. The number of amides is 2. The van der Waals surface area contributed by atoms with Gasteiger partial charge in [-0.2, -0.15) is 0 Å². The van der Waals surface area contributed by atoms with Gasteiger partial charge < -0.3 is 15.0 Å². The standard InChI is InChI=1S/C20H30N2O3S/c23-19(21-11-6-13-25-17-8-2-1-3-9-17)16-7-4-12-22(15-16)20(24)18-10-5-14-26-18/h5,10,14,16-17H,1-4,6-9,11-13,15H2,(H,21,23)/t16-/m0/s1. The van der Waals surface area contributed by atoms with Crippen LogP contribution in [0, 0.1) is 5.92 Å². The summed E-state index contributed by atoms with van der Waals surface area (Å²) in [7, 11) is 0. The van der Waals surface area contributed by atoms with Crippen LogP contribution in [-0.4, -0.2) is 49.1 Å². The monoisotopic (exact) mass is 378 g/mol. The summed E-state index contributed by atoms with van der Waals surface area (Å²) in [5.74, 6) is 0.0386. The van der Waals surface area contributed by atoms with Crippen LogP contribution >= 0.6 is 11.3 Å². The van der Waals surface area contributed by atoms with E-state index in [9.17, 15) is 9.59 Å². The molecule has 2 aliphatic rings. The molecule has 6 heteroatoms. The van der Waals surface area contributed by atoms with E-state index in [4.69, 9.17) is 4.74 Å². The van der Waals surface area contributed by atoms with E-state index in [1.807, 2.05) is 22.4 Å². The number of carbonyl (C=O) groups is 2. The molecule has 1 aromatic rings. The lowest BCUT2D eigenvalue weighted by atomic mass is 9.97. The minimum absolute atomic E-state index is 0.0541. The summed E-state index contributed by atoms with van der Waals surface area (Å²) in [4.78, 5) is 27.5. The average Bonchev–Trinajstić information content (AvgIpc) is 3.23. The number of rotatable bonds is 7. The Hall–Kier alpha value is -1.40. The fraction of sp³-hybridized carbons (Fsp3) is 0.700. The van der Waals surface area contributed by atoms with E-state index in [0.717, 1.165) is 37.3 Å². The van der Waals surface area contributed by atoms with Gasteiger partial charge in [0.05, 0.1) is 16.9 Å². The van der Waals surface area contributed by atoms with Gasteiger partial charge in [-0.1, -0.05) is 25.3 Å². The van der Waals surface area contributed by atoms with E-state index in [2.05, 4.69) is 5.32 Å². The van der Waals surface area contributed by atoms with Crippen molar-refractivity contribution in [3.8, 4) is 0 Å². The molecule has 0 bridgehead atoms. The van der Waals surface area contributed by atoms with Crippen molar-refractivity contribution in [2.24, 2.45) is 5.92 Å². The molecule has 2 fully saturated rings. The molecular formula is C20H30N2O3S. The molecule has 0 radical (unpaired) electrons. The topological polar surface area (TPSA) is 58.6 Å². The molecule has 1 aromatic heterocycles. The molecule has 5 nitrogen and oxygen atoms in total. The van der Waals surface area contributed by atoms with E-state index in [1.54, 1.807) is 0 Å². The maximum absolute atomic E-state index is 12.5. The Kier molecular flexibility index (Phi) is 7.50. The number of hydrogen-bond donors (Lipinski definition) is 1. The Balaban J connectivity index is 1.34. The third-order valence-electron chi connectivity index (χ3n) is 5.34. The molecular weight excluding hydrogens is 348 g/mol. The molecule has 0 spiro atoms. The lowest BCUT2D eigenvalue weighted by Gasteiger charge is -2.31. The third-order valence-corrected chi connectivity index (χ3v) is 6.20. The first kappa shape index (κ1) is 19.4. The second-order valence-corrected chi connectivity index (χ2v) is 8.29. The SMILES string of the molecule is O=C(NCCCOC1CCCCC1)[C@H]1CCCN(C(=O)c2cccs2)C1. The summed E-state index contributed by atoms with van der Waals surface area (Å²) in [6.45, 7) is 2.65. The van der Waals surface area contributed by atoms with Gasteiger partial charge in [0.25, 0.3) is 5.91 Å². The van der Waals surface area contributed by atoms with Gasteiger partial charge in [0.15, 0.2) is 0 Å². The number of ether oxygens (including phenoxy) is 1. The normalized spacial score (nSPS) is 21.5. The summed E-state index contributed by atoms with van der Waals surface area (Å²) < 4.78 is 5.90. The number of likely N-dealkylation sites (tertiary alicyclic amines) is 1. The van der Waals surface area contributed by atoms with Crippen molar-refractivity contribution in [1.29, 1.82) is 0 Å². The quantitative estimate of drug-likeness (QED) is 0.739. The van der Waals surface area contributed by atoms with Gasteiger partial charge in [-0.15, -0.1) is 11.3 Å². The van der Waals surface area contributed by atoms with Gasteiger partial charge >= 0.3 is 0 Å². The summed E-state index contributed by atoms with van der Waals surface area (Å²) in [6.07, 6.45) is 9.29. The number of thiophene rings is 1. The highest BCUT2D eigenvalue weighted by Crippen LogP contribution is 2.21. The summed E-state index contributed by atoms with van der Waals surface area (Å²) in [6, 6.07) is 3.74. The zero-order valence-electron chi connectivity index (χ0n) is 15.5. The molecule has 1 saturated heterocycles. The van der Waals surface area contributed by atoms with Crippen molar-refractivity contribution < 1.29 is 14.3 Å². The Morgan fingerprint density at radius 1 is 1.19 bits per heavy atom. The molecule has 1 atom stereocenters. The average molecular weight is 379 g/mol. The summed E-state index contributed by atoms with van der Waals surface area (Å²) in [5, 5.41) is 4.94. The fourth-order valence-corrected chi connectivity index (χ4v) is 4.53. The molecule has 1 saturated carbocycles. The minimum Gasteiger partial charge on any atom is -0.378 e. The maximum atomic E-state index is 12.5. The number of nitrogens with zero attached hydrogens (tertiary/aromatic N) is 1. The van der Waals surface area contributed by atoms with E-state index in [-0.39, 0.29) is 17.7 Å². The zero-order valence-corrected chi connectivity index (χ0v) is 16.3. The van der Waals surface area contributed by atoms with Crippen LogP contribution < -0.4 is 5.32 Å². The van der Waals surface area contributed by atoms with Crippen LogP contribution in [0.1, 0.15) is 61.0 Å². The Labute approximate surface area is 160 Å². The van der Waals surface area contributed by atoms with Gasteiger partial charge in [0, 0.05) is 26.2 Å². The highest BCUT2D eigenvalue weighted by molar-refractivity contribution is 7.12. The summed E-state index contributed by atoms with van der Waals surface area (Å²) >= 11 is 1.46. The molecule has 1 N–H and O–H groups in total. The number of hydrogen-bond acceptors (Lipinski definition) is 4. The molecule has 2 heterocycles. The van der Waals surface area contributed by atoms with Gasteiger partial charge in [0.1, 0.15) is 0 Å². The highest BCUT2D eigenvalue weighted by atomic mass is 32.1. The molecule has 3 rings (SSSR count). The largest absolute Gasteiger partial charge is 0.378 e. The lowest BCUT2D eigenvalue weighted by Crippen LogP contribution is -2.45. The van der Waals surface area contributed by atoms with Crippen molar-refractivity contribution in [2.45, 2.75) is 57.5 Å². The lowest BCUT2D eigenvalue weighted by molar-refractivity contribution is -0.126. The highest BCUT2D eigenvalue weighted by Gasteiger charge is 2.29. The molecule has 144 valence electrons. The summed E-state index contributed by atoms with van der Waals surface area (Å²) in [5.41, 5.74) is 0. The zero-order chi connectivity index (χ0) is 18.2. The minimum atomic E-state index is -0.0908. The first-order chi connectivity index (χ1) is 12.7. The fourth-order valence-electron chi connectivity index (χ4n) is 3.84. The molecule has 0 aromatic carbocycles. The molecule has 0 unspecified atom stereocenters. The van der Waals surface area contributed by atoms with Crippen LogP contribution in [-0.2, 0) is 9.53 Å². The Bertz CT molecular complexity index is 570. The van der Waals surface area contributed by atoms with Crippen LogP contribution in [0.25, 0.3) is 0 Å². The van der Waals surface area contributed by atoms with Crippen molar-refractivity contribution in [3.05, 3.63) is 22.4 Å². The first-order valence-electron chi connectivity index (χ1n) is 9.96. The van der Waals surface area contributed by atoms with Crippen LogP contribution in [0.5, 0.6) is 0 Å². The van der Waals surface area contributed by atoms with Crippen molar-refractivity contribution in [1.82, 2.24) is 10.2 Å². The van der Waals surface area contributed by atoms with Gasteiger partial charge in [0.2, 0.25) is 5.91 Å². The smallest absolute Gasteiger partial charge is 0.263 e. The maximum Gasteiger partial charge on any atom is 0.263 e. The number of carbonyl (C=O) groups excluding carboxylic acids is 2. The van der Waals surface area contributed by atoms with Crippen molar-refractivity contribution >= 4 is 23.2 Å². The number of nitrogens with one attached hydrogen (secondary N) is 1. The Morgan fingerprint density at radius 2 is 2.04 bits per heavy atom. The van der Waals surface area contributed by atoms with E-state index < -0.39 is 0 Å². The van der Waals surface area contributed by atoms with Crippen LogP contribution in [0.4, 0.5) is 0 Å². The van der Waals surface area contributed by atoms with Crippen LogP contribution in [0.2, 0.25) is 0 Å². The van der Waals surface area contributed by atoms with E-state index in [1.165, 1.54) is 43.4 Å². The molecule has 1 aliphatic heterocycles. The van der Waals surface area contributed by atoms with Gasteiger partial charge in [-0.3, -0.25) is 9.59 Å². The third kappa shape index (κ3) is 5.55. The Morgan fingerprint density at radius 3 is 2.81 bits per heavy atom. The van der Waals surface area contributed by atoms with Crippen molar-refractivity contribution in [3.63, 3.8) is 0 Å². The van der Waals surface area contributed by atoms with E-state index in [0.29, 0.717) is 19.2 Å². The van der Waals surface area contributed by atoms with Crippen molar-refractivity contribution in [2.75, 3.05) is 26.2 Å². The molecule has 2 amide bonds. The molecule has 1 aliphatic carbocycles. The second kappa shape index (κ2) is 10.1. The van der Waals surface area contributed by atoms with Gasteiger partial charge in [-0.05, 0) is 43.6 Å². The van der Waals surface area contributed by atoms with Crippen LogP contribution in [0.3, 0.4) is 0 Å². The van der Waals surface area contributed by atoms with Crippen LogP contribution in [0.15, 0.2) is 17.5 Å².